The highest BCUT2D eigenvalue weighted by molar-refractivity contribution is 7.46. The van der Waals surface area contributed by atoms with Crippen LogP contribution in [0.25, 0.3) is 0 Å². The minimum atomic E-state index is -4.66. The van der Waals surface area contributed by atoms with Crippen LogP contribution < -0.4 is 5.73 Å². The fourth-order valence-electron chi connectivity index (χ4n) is 0.616. The summed E-state index contributed by atoms with van der Waals surface area (Å²) in [5.74, 6) is 0. The highest BCUT2D eigenvalue weighted by atomic mass is 31.2. The van der Waals surface area contributed by atoms with Crippen LogP contribution in [0.4, 0.5) is 0 Å². The molecule has 0 bridgehead atoms. The van der Waals surface area contributed by atoms with E-state index in [1.807, 2.05) is 0 Å². The van der Waals surface area contributed by atoms with E-state index >= 15 is 0 Å². The maximum atomic E-state index is 10.2. The summed E-state index contributed by atoms with van der Waals surface area (Å²) >= 11 is 0. The number of hydrogen-bond donors (Lipinski definition) is 5. The minimum absolute atomic E-state index is 0.0575. The van der Waals surface area contributed by atoms with Crippen molar-refractivity contribution in [1.82, 2.24) is 0 Å². The van der Waals surface area contributed by atoms with E-state index in [4.69, 9.17) is 25.7 Å². The van der Waals surface area contributed by atoms with Gasteiger partial charge in [0, 0.05) is 0 Å². The topological polar surface area (TPSA) is 150 Å². The third-order valence-electron chi connectivity index (χ3n) is 1.36. The van der Waals surface area contributed by atoms with Gasteiger partial charge in [-0.3, -0.25) is 4.52 Å². The Hall–Kier alpha value is -0.340. The van der Waals surface area contributed by atoms with E-state index in [1.54, 1.807) is 0 Å². The van der Waals surface area contributed by atoms with E-state index in [2.05, 4.69) is 4.52 Å². The molecular weight excluding hydrogens is 217 g/mol. The average molecular weight is 229 g/mol. The zero-order valence-corrected chi connectivity index (χ0v) is 7.95. The predicted molar refractivity (Wildman–Crippen MR) is 44.0 cm³/mol. The molecule has 0 aromatic rings. The van der Waals surface area contributed by atoms with E-state index in [-0.39, 0.29) is 6.29 Å². The van der Waals surface area contributed by atoms with Crippen molar-refractivity contribution in [2.45, 2.75) is 18.2 Å². The van der Waals surface area contributed by atoms with Crippen LogP contribution in [0.15, 0.2) is 0 Å². The summed E-state index contributed by atoms with van der Waals surface area (Å²) in [5.41, 5.74) is 5.16. The Bertz CT molecular complexity index is 228. The number of hydrogen-bond acceptors (Lipinski definition) is 6. The molecule has 6 N–H and O–H groups in total. The van der Waals surface area contributed by atoms with Crippen molar-refractivity contribution in [3.05, 3.63) is 0 Å². The second kappa shape index (κ2) is 5.52. The van der Waals surface area contributed by atoms with Crippen LogP contribution in [0.1, 0.15) is 0 Å². The van der Waals surface area contributed by atoms with Crippen molar-refractivity contribution < 1.29 is 33.9 Å². The molecule has 0 aliphatic heterocycles. The molecular formula is C5H12NO7P. The van der Waals surface area contributed by atoms with Gasteiger partial charge < -0.3 is 30.5 Å². The molecule has 8 nitrogen and oxygen atoms in total. The van der Waals surface area contributed by atoms with Gasteiger partial charge in [-0.2, -0.15) is 0 Å². The summed E-state index contributed by atoms with van der Waals surface area (Å²) in [6.45, 7) is -0.670. The molecule has 0 saturated carbocycles. The zero-order valence-electron chi connectivity index (χ0n) is 7.05. The molecule has 84 valence electrons. The number of aliphatic hydroxyl groups excluding tert-OH is 2. The largest absolute Gasteiger partial charge is 0.469 e. The highest BCUT2D eigenvalue weighted by Crippen LogP contribution is 2.35. The number of carbonyl (C=O) groups excluding carboxylic acids is 1. The molecule has 0 rings (SSSR count). The Labute approximate surface area is 79.5 Å². The van der Waals surface area contributed by atoms with Crippen molar-refractivity contribution in [3.8, 4) is 0 Å². The first-order valence-electron chi connectivity index (χ1n) is 3.55. The van der Waals surface area contributed by atoms with Crippen LogP contribution in [0.3, 0.4) is 0 Å². The molecule has 0 aromatic carbocycles. The second-order valence-corrected chi connectivity index (χ2v) is 3.81. The molecule has 9 heteroatoms. The van der Waals surface area contributed by atoms with E-state index < -0.39 is 32.7 Å². The zero-order chi connectivity index (χ0) is 11.4. The SMILES string of the molecule is N[C@@H](COP(=O)(O)O)[C@H](O)[C@@H](O)C=O. The van der Waals surface area contributed by atoms with Crippen LogP contribution in [0.2, 0.25) is 0 Å². The number of aliphatic hydroxyl groups is 2. The van der Waals surface area contributed by atoms with Gasteiger partial charge in [0.2, 0.25) is 0 Å². The third-order valence-corrected chi connectivity index (χ3v) is 1.85. The molecule has 0 heterocycles. The first kappa shape index (κ1) is 13.7. The molecule has 0 aliphatic carbocycles. The smallest absolute Gasteiger partial charge is 0.388 e. The fraction of sp³-hybridized carbons (Fsp3) is 0.800. The summed E-state index contributed by atoms with van der Waals surface area (Å²) in [4.78, 5) is 26.5. The van der Waals surface area contributed by atoms with E-state index in [0.29, 0.717) is 0 Å². The fourth-order valence-corrected chi connectivity index (χ4v) is 0.982. The Balaban J connectivity index is 4.02. The summed E-state index contributed by atoms with van der Waals surface area (Å²) in [7, 11) is -4.66. The van der Waals surface area contributed by atoms with Crippen molar-refractivity contribution in [1.29, 1.82) is 0 Å². The molecule has 0 aromatic heterocycles. The van der Waals surface area contributed by atoms with Crippen LogP contribution in [0.5, 0.6) is 0 Å². The van der Waals surface area contributed by atoms with Crippen molar-refractivity contribution in [3.63, 3.8) is 0 Å². The molecule has 0 fully saturated rings. The lowest BCUT2D eigenvalue weighted by atomic mass is 10.1. The number of rotatable bonds is 6. The number of carbonyl (C=O) groups is 1. The Morgan fingerprint density at radius 1 is 1.43 bits per heavy atom. The van der Waals surface area contributed by atoms with Crippen LogP contribution in [0, 0.1) is 0 Å². The maximum absolute atomic E-state index is 10.2. The maximum Gasteiger partial charge on any atom is 0.469 e. The van der Waals surface area contributed by atoms with Crippen LogP contribution >= 0.6 is 7.82 Å². The average Bonchev–Trinajstić information content (AvgIpc) is 2.10. The molecule has 0 unspecified atom stereocenters. The van der Waals surface area contributed by atoms with Gasteiger partial charge in [0.25, 0.3) is 0 Å². The molecule has 0 radical (unpaired) electrons. The molecule has 3 atom stereocenters. The Morgan fingerprint density at radius 3 is 2.29 bits per heavy atom. The standard InChI is InChI=1S/C5H12NO7P/c6-3(2-13-14(10,11)12)5(9)4(8)1-7/h1,3-5,8-9H,2,6H2,(H2,10,11,12)/t3-,4-,5-/m0/s1. The van der Waals surface area contributed by atoms with Crippen molar-refractivity contribution >= 4 is 14.1 Å². The van der Waals surface area contributed by atoms with Gasteiger partial charge in [-0.25, -0.2) is 4.57 Å². The first-order chi connectivity index (χ1) is 6.28. The van der Waals surface area contributed by atoms with Crippen LogP contribution in [-0.2, 0) is 13.9 Å². The van der Waals surface area contributed by atoms with Gasteiger partial charge in [-0.1, -0.05) is 0 Å². The molecule has 0 spiro atoms. The van der Waals surface area contributed by atoms with E-state index in [1.165, 1.54) is 0 Å². The number of nitrogens with two attached hydrogens (primary N) is 1. The highest BCUT2D eigenvalue weighted by Gasteiger charge is 2.25. The number of aldehydes is 1. The first-order valence-corrected chi connectivity index (χ1v) is 5.08. The lowest BCUT2D eigenvalue weighted by molar-refractivity contribution is -0.121. The lowest BCUT2D eigenvalue weighted by Gasteiger charge is -2.20. The van der Waals surface area contributed by atoms with Gasteiger partial charge in [0.05, 0.1) is 12.6 Å². The molecule has 0 aliphatic rings. The normalized spacial score (nSPS) is 18.6. The van der Waals surface area contributed by atoms with Crippen molar-refractivity contribution in [2.75, 3.05) is 6.61 Å². The quantitative estimate of drug-likeness (QED) is 0.244. The second-order valence-electron chi connectivity index (χ2n) is 2.57. The van der Waals surface area contributed by atoms with Crippen LogP contribution in [-0.4, -0.2) is 51.1 Å². The molecule has 14 heavy (non-hydrogen) atoms. The lowest BCUT2D eigenvalue weighted by Crippen LogP contribution is -2.46. The monoisotopic (exact) mass is 229 g/mol. The summed E-state index contributed by atoms with van der Waals surface area (Å²) in [5, 5.41) is 17.8. The van der Waals surface area contributed by atoms with Crippen molar-refractivity contribution in [2.24, 2.45) is 5.73 Å². The third kappa shape index (κ3) is 5.40. The van der Waals surface area contributed by atoms with Gasteiger partial charge >= 0.3 is 7.82 Å². The Morgan fingerprint density at radius 2 is 1.93 bits per heavy atom. The van der Waals surface area contributed by atoms with Gasteiger partial charge in [0.1, 0.15) is 12.2 Å². The minimum Gasteiger partial charge on any atom is -0.388 e. The predicted octanol–water partition coefficient (Wildman–Crippen LogP) is -2.66. The summed E-state index contributed by atoms with van der Waals surface area (Å²) in [6.07, 6.45) is -3.27. The molecule has 0 saturated heterocycles. The van der Waals surface area contributed by atoms with E-state index in [0.717, 1.165) is 0 Å². The summed E-state index contributed by atoms with van der Waals surface area (Å²) < 4.78 is 14.2. The number of phosphoric acid groups is 1. The molecule has 0 amide bonds. The van der Waals surface area contributed by atoms with E-state index in [9.17, 15) is 9.36 Å². The Kier molecular flexibility index (Phi) is 5.38. The van der Waals surface area contributed by atoms with Gasteiger partial charge in [-0.15, -0.1) is 0 Å². The summed E-state index contributed by atoms with van der Waals surface area (Å²) in [6, 6.07) is -1.26. The number of phosphoric ester groups is 1. The van der Waals surface area contributed by atoms with Gasteiger partial charge in [0.15, 0.2) is 6.29 Å². The van der Waals surface area contributed by atoms with Gasteiger partial charge in [-0.05, 0) is 0 Å².